The van der Waals surface area contributed by atoms with Gasteiger partial charge in [-0.2, -0.15) is 12.6 Å². The van der Waals surface area contributed by atoms with Crippen molar-refractivity contribution in [2.24, 2.45) is 35.5 Å². The van der Waals surface area contributed by atoms with Gasteiger partial charge in [-0.05, 0) is 66.4 Å². The molecule has 0 spiro atoms. The van der Waals surface area contributed by atoms with Crippen LogP contribution in [0.4, 0.5) is 0 Å². The average molecular weight is 360 g/mol. The molecule has 0 bridgehead atoms. The molecule has 3 fully saturated rings. The van der Waals surface area contributed by atoms with Crippen LogP contribution < -0.4 is 0 Å². The highest BCUT2D eigenvalue weighted by atomic mass is 32.1. The molecular formula is C23H41BS. The minimum atomic E-state index is 0.332. The highest BCUT2D eigenvalue weighted by Gasteiger charge is 2.37. The summed E-state index contributed by atoms with van der Waals surface area (Å²) in [7, 11) is 6.44. The van der Waals surface area contributed by atoms with E-state index in [0.717, 1.165) is 35.5 Å². The minimum Gasteiger partial charge on any atom is -0.176 e. The minimum absolute atomic E-state index is 0.332. The summed E-state index contributed by atoms with van der Waals surface area (Å²) >= 11 is 4.81. The van der Waals surface area contributed by atoms with E-state index in [4.69, 9.17) is 20.5 Å². The lowest BCUT2D eigenvalue weighted by Crippen LogP contribution is -2.35. The van der Waals surface area contributed by atoms with Gasteiger partial charge in [-0.3, -0.25) is 0 Å². The predicted octanol–water partition coefficient (Wildman–Crippen LogP) is 7.09. The van der Waals surface area contributed by atoms with E-state index in [1.165, 1.54) is 77.0 Å². The molecule has 0 aliphatic heterocycles. The van der Waals surface area contributed by atoms with Crippen molar-refractivity contribution in [3.05, 3.63) is 0 Å². The van der Waals surface area contributed by atoms with Gasteiger partial charge in [0.15, 0.2) is 0 Å². The summed E-state index contributed by atoms with van der Waals surface area (Å²) < 4.78 is 0. The van der Waals surface area contributed by atoms with E-state index >= 15 is 0 Å². The van der Waals surface area contributed by atoms with E-state index in [1.54, 1.807) is 6.42 Å². The zero-order chi connectivity index (χ0) is 17.8. The first-order valence-electron chi connectivity index (χ1n) is 11.5. The number of hydrogen-bond donors (Lipinski definition) is 1. The number of rotatable bonds is 5. The molecule has 4 unspecified atom stereocenters. The average Bonchev–Trinajstić information content (AvgIpc) is 2.65. The molecule has 0 N–H and O–H groups in total. The Kier molecular flexibility index (Phi) is 7.71. The Morgan fingerprint density at radius 1 is 0.720 bits per heavy atom. The van der Waals surface area contributed by atoms with E-state index < -0.39 is 0 Å². The van der Waals surface area contributed by atoms with Gasteiger partial charge in [-0.15, -0.1) is 0 Å². The van der Waals surface area contributed by atoms with Crippen molar-refractivity contribution in [3.8, 4) is 0 Å². The Hall–Kier alpha value is 0.415. The van der Waals surface area contributed by atoms with Crippen LogP contribution in [-0.2, 0) is 0 Å². The quantitative estimate of drug-likeness (QED) is 0.393. The highest BCUT2D eigenvalue weighted by molar-refractivity contribution is 7.81. The van der Waals surface area contributed by atoms with Crippen LogP contribution >= 0.6 is 12.6 Å². The lowest BCUT2D eigenvalue weighted by atomic mass is 9.60. The molecule has 25 heavy (non-hydrogen) atoms. The maximum absolute atomic E-state index is 6.44. The normalized spacial score (nSPS) is 46.0. The van der Waals surface area contributed by atoms with Gasteiger partial charge in [0.05, 0.1) is 7.85 Å². The fourth-order valence-corrected chi connectivity index (χ4v) is 6.95. The lowest BCUT2D eigenvalue weighted by Gasteiger charge is -2.44. The molecule has 4 atom stereocenters. The predicted molar refractivity (Wildman–Crippen MR) is 115 cm³/mol. The van der Waals surface area contributed by atoms with Crippen molar-refractivity contribution < 1.29 is 0 Å². The molecule has 0 saturated heterocycles. The Morgan fingerprint density at radius 3 is 1.84 bits per heavy atom. The third kappa shape index (κ3) is 5.23. The van der Waals surface area contributed by atoms with Gasteiger partial charge in [0, 0.05) is 0 Å². The van der Waals surface area contributed by atoms with Crippen LogP contribution in [0.1, 0.15) is 97.3 Å². The lowest BCUT2D eigenvalue weighted by molar-refractivity contribution is 0.126. The van der Waals surface area contributed by atoms with Gasteiger partial charge in [0.1, 0.15) is 0 Å². The van der Waals surface area contributed by atoms with E-state index in [-0.39, 0.29) is 0 Å². The van der Waals surface area contributed by atoms with Crippen molar-refractivity contribution in [2.75, 3.05) is 0 Å². The maximum Gasteiger partial charge on any atom is 0.0714 e. The first-order valence-corrected chi connectivity index (χ1v) is 12.1. The molecule has 3 aliphatic carbocycles. The van der Waals surface area contributed by atoms with Gasteiger partial charge in [-0.25, -0.2) is 0 Å². The fourth-order valence-electron chi connectivity index (χ4n) is 6.50. The zero-order valence-electron chi connectivity index (χ0n) is 16.8. The number of hydrogen-bond acceptors (Lipinski definition) is 1. The topological polar surface area (TPSA) is 0 Å². The van der Waals surface area contributed by atoms with E-state index in [0.29, 0.717) is 11.1 Å². The first-order chi connectivity index (χ1) is 12.1. The largest absolute Gasteiger partial charge is 0.176 e. The summed E-state index contributed by atoms with van der Waals surface area (Å²) in [6.07, 6.45) is 18.9. The van der Waals surface area contributed by atoms with Crippen LogP contribution in [0.3, 0.4) is 0 Å². The fraction of sp³-hybridized carbons (Fsp3) is 1.00. The third-order valence-electron chi connectivity index (χ3n) is 8.39. The summed E-state index contributed by atoms with van der Waals surface area (Å²) in [6.45, 7) is 4.70. The van der Waals surface area contributed by atoms with Crippen LogP contribution in [0.25, 0.3) is 0 Å². The summed E-state index contributed by atoms with van der Waals surface area (Å²) in [5.74, 6) is 6.09. The molecule has 2 radical (unpaired) electrons. The molecule has 0 aromatic rings. The standard InChI is InChI=1S/C23H41BS/c1-3-16-5-7-17(8-6-16)13-18-9-11-20(12-10-18)21-14-19(4-2)23(25)22(24)15-21/h16-23,25H,3-15H2,1-2H3. The van der Waals surface area contributed by atoms with Gasteiger partial charge >= 0.3 is 0 Å². The van der Waals surface area contributed by atoms with Gasteiger partial charge in [0.2, 0.25) is 0 Å². The van der Waals surface area contributed by atoms with E-state index in [9.17, 15) is 0 Å². The second kappa shape index (κ2) is 9.56. The molecule has 2 heteroatoms. The molecule has 142 valence electrons. The number of thiol groups is 1. The molecular weight excluding hydrogens is 319 g/mol. The van der Waals surface area contributed by atoms with Crippen molar-refractivity contribution >= 4 is 20.5 Å². The Bertz CT molecular complexity index is 382. The second-order valence-corrected chi connectivity index (χ2v) is 10.5. The van der Waals surface area contributed by atoms with Crippen molar-refractivity contribution in [3.63, 3.8) is 0 Å². The van der Waals surface area contributed by atoms with Crippen LogP contribution in [0.2, 0.25) is 5.82 Å². The van der Waals surface area contributed by atoms with Crippen molar-refractivity contribution in [2.45, 2.75) is 108 Å². The second-order valence-electron chi connectivity index (χ2n) is 9.87. The Morgan fingerprint density at radius 2 is 1.28 bits per heavy atom. The molecule has 3 rings (SSSR count). The molecule has 0 heterocycles. The first kappa shape index (κ1) is 20.2. The van der Waals surface area contributed by atoms with Crippen LogP contribution in [-0.4, -0.2) is 13.1 Å². The van der Waals surface area contributed by atoms with Gasteiger partial charge < -0.3 is 0 Å². The van der Waals surface area contributed by atoms with Gasteiger partial charge in [0.25, 0.3) is 0 Å². The Balaban J connectivity index is 1.41. The van der Waals surface area contributed by atoms with E-state index in [2.05, 4.69) is 13.8 Å². The van der Waals surface area contributed by atoms with Gasteiger partial charge in [-0.1, -0.05) is 77.5 Å². The molecule has 0 nitrogen and oxygen atoms in total. The molecule has 3 aliphatic rings. The molecule has 0 amide bonds. The van der Waals surface area contributed by atoms with Crippen molar-refractivity contribution in [1.29, 1.82) is 0 Å². The third-order valence-corrected chi connectivity index (χ3v) is 9.20. The summed E-state index contributed by atoms with van der Waals surface area (Å²) in [5.41, 5.74) is 0. The van der Waals surface area contributed by atoms with Crippen LogP contribution in [0.5, 0.6) is 0 Å². The smallest absolute Gasteiger partial charge is 0.0714 e. The SMILES string of the molecule is [B]C1CC(C2CCC(CC3CCC(CC)CC3)CC2)CC(CC)C1S. The Labute approximate surface area is 164 Å². The highest BCUT2D eigenvalue weighted by Crippen LogP contribution is 2.48. The maximum atomic E-state index is 6.44. The summed E-state index contributed by atoms with van der Waals surface area (Å²) in [6, 6.07) is 0. The molecule has 3 saturated carbocycles. The summed E-state index contributed by atoms with van der Waals surface area (Å²) in [4.78, 5) is 0. The van der Waals surface area contributed by atoms with Crippen molar-refractivity contribution in [1.82, 2.24) is 0 Å². The molecule has 0 aromatic heterocycles. The molecule has 0 aromatic carbocycles. The monoisotopic (exact) mass is 360 g/mol. The van der Waals surface area contributed by atoms with Crippen LogP contribution in [0.15, 0.2) is 0 Å². The summed E-state index contributed by atoms with van der Waals surface area (Å²) in [5, 5.41) is 0.441. The van der Waals surface area contributed by atoms with Crippen LogP contribution in [0, 0.1) is 35.5 Å². The van der Waals surface area contributed by atoms with E-state index in [1.807, 2.05) is 0 Å². The zero-order valence-corrected chi connectivity index (χ0v) is 17.7.